The van der Waals surface area contributed by atoms with Crippen LogP contribution in [0.4, 0.5) is 0 Å². The van der Waals surface area contributed by atoms with E-state index in [0.717, 1.165) is 0 Å². The molecule has 4 N–H and O–H groups in total. The van der Waals surface area contributed by atoms with Crippen LogP contribution in [-0.2, 0) is 23.8 Å². The largest absolute Gasteiger partial charge is 0.379 e. The fourth-order valence-corrected chi connectivity index (χ4v) is 2.14. The molecule has 0 aromatic carbocycles. The van der Waals surface area contributed by atoms with Gasteiger partial charge in [0, 0.05) is 49.1 Å². The Kier molecular flexibility index (Phi) is 20.2. The normalized spacial score (nSPS) is 10.3. The Morgan fingerprint density at radius 2 is 1.29 bits per heavy atom. The van der Waals surface area contributed by atoms with Crippen molar-refractivity contribution in [2.75, 3.05) is 92.0 Å². The molecule has 0 saturated heterocycles. The van der Waals surface area contributed by atoms with Gasteiger partial charge in [-0.1, -0.05) is 10.2 Å². The van der Waals surface area contributed by atoms with Crippen LogP contribution >= 0.6 is 0 Å². The second-order valence-corrected chi connectivity index (χ2v) is 5.95. The summed E-state index contributed by atoms with van der Waals surface area (Å²) in [5, 5.41) is 12.1. The number of amides is 2. The van der Waals surface area contributed by atoms with Gasteiger partial charge in [-0.05, 0) is 11.1 Å². The van der Waals surface area contributed by atoms with Gasteiger partial charge >= 0.3 is 0 Å². The lowest BCUT2D eigenvalue weighted by molar-refractivity contribution is -0.125. The molecule has 0 saturated carbocycles. The molecule has 15 heteroatoms. The predicted octanol–water partition coefficient (Wildman–Crippen LogP) is -0.850. The fourth-order valence-electron chi connectivity index (χ4n) is 2.14. The summed E-state index contributed by atoms with van der Waals surface area (Å²) in [5.41, 5.74) is 21.7. The van der Waals surface area contributed by atoms with E-state index in [-0.39, 0.29) is 64.4 Å². The summed E-state index contributed by atoms with van der Waals surface area (Å²) in [6.07, 6.45) is 0. The maximum absolute atomic E-state index is 12.1. The molecule has 0 unspecified atom stereocenters. The van der Waals surface area contributed by atoms with Crippen molar-refractivity contribution < 1.29 is 23.8 Å². The van der Waals surface area contributed by atoms with Crippen LogP contribution in [0.25, 0.3) is 20.9 Å². The summed E-state index contributed by atoms with van der Waals surface area (Å²) in [4.78, 5) is 31.1. The van der Waals surface area contributed by atoms with E-state index in [1.807, 2.05) is 0 Å². The minimum atomic E-state index is -0.258. The monoisotopic (exact) mass is 444 g/mol. The van der Waals surface area contributed by atoms with E-state index < -0.39 is 0 Å². The average Bonchev–Trinajstić information content (AvgIpc) is 2.75. The summed E-state index contributed by atoms with van der Waals surface area (Å²) in [5.74, 6) is -0.515. The third-order valence-electron chi connectivity index (χ3n) is 3.48. The molecule has 31 heavy (non-hydrogen) atoms. The molecule has 0 atom stereocenters. The highest BCUT2D eigenvalue weighted by Gasteiger charge is 2.14. The number of rotatable bonds is 21. The molecule has 0 aliphatic rings. The summed E-state index contributed by atoms with van der Waals surface area (Å²) in [7, 11) is 0. The smallest absolute Gasteiger partial charge is 0.234 e. The first-order valence-electron chi connectivity index (χ1n) is 9.84. The van der Waals surface area contributed by atoms with Crippen molar-refractivity contribution in [3.8, 4) is 0 Å². The maximum atomic E-state index is 12.1. The molecular weight excluding hydrogens is 412 g/mol. The lowest BCUT2D eigenvalue weighted by Gasteiger charge is -2.21. The summed E-state index contributed by atoms with van der Waals surface area (Å²) >= 11 is 0. The van der Waals surface area contributed by atoms with E-state index >= 15 is 0 Å². The second-order valence-electron chi connectivity index (χ2n) is 5.95. The molecule has 0 radical (unpaired) electrons. The van der Waals surface area contributed by atoms with E-state index in [1.165, 1.54) is 0 Å². The van der Waals surface area contributed by atoms with Crippen LogP contribution in [0.1, 0.15) is 0 Å². The number of carbonyl (C=O) groups excluding carboxylic acids is 2. The van der Waals surface area contributed by atoms with E-state index in [4.69, 9.17) is 31.0 Å². The quantitative estimate of drug-likeness (QED) is 0.0881. The Morgan fingerprint density at radius 3 is 1.74 bits per heavy atom. The summed E-state index contributed by atoms with van der Waals surface area (Å²) in [6.45, 7) is 3.71. The summed E-state index contributed by atoms with van der Waals surface area (Å²) < 4.78 is 15.7. The minimum Gasteiger partial charge on any atom is -0.379 e. The molecular formula is C16H32N10O5. The first kappa shape index (κ1) is 28.4. The fraction of sp³-hybridized carbons (Fsp3) is 0.875. The zero-order valence-electron chi connectivity index (χ0n) is 17.6. The first-order chi connectivity index (χ1) is 15.1. The zero-order chi connectivity index (χ0) is 23.0. The predicted molar refractivity (Wildman–Crippen MR) is 112 cm³/mol. The van der Waals surface area contributed by atoms with Gasteiger partial charge in [-0.3, -0.25) is 14.5 Å². The third-order valence-corrected chi connectivity index (χ3v) is 3.48. The van der Waals surface area contributed by atoms with Crippen molar-refractivity contribution in [1.29, 1.82) is 0 Å². The number of hydrogen-bond acceptors (Lipinski definition) is 9. The molecule has 15 nitrogen and oxygen atoms in total. The highest BCUT2D eigenvalue weighted by molar-refractivity contribution is 5.81. The molecule has 0 aliphatic heterocycles. The first-order valence-corrected chi connectivity index (χ1v) is 9.84. The van der Waals surface area contributed by atoms with E-state index in [2.05, 4.69) is 30.7 Å². The maximum Gasteiger partial charge on any atom is 0.234 e. The van der Waals surface area contributed by atoms with Crippen molar-refractivity contribution in [2.24, 2.45) is 16.0 Å². The van der Waals surface area contributed by atoms with Crippen molar-refractivity contribution in [3.05, 3.63) is 20.9 Å². The molecule has 0 aliphatic carbocycles. The molecule has 0 rings (SSSR count). The number of nitrogens with two attached hydrogens (primary N) is 1. The van der Waals surface area contributed by atoms with Crippen LogP contribution in [0, 0.1) is 0 Å². The van der Waals surface area contributed by atoms with Crippen molar-refractivity contribution in [1.82, 2.24) is 15.5 Å². The van der Waals surface area contributed by atoms with Gasteiger partial charge in [-0.2, -0.15) is 0 Å². The topological polar surface area (TPSA) is 213 Å². The third kappa shape index (κ3) is 20.4. The minimum absolute atomic E-state index is 0.0147. The van der Waals surface area contributed by atoms with E-state index in [9.17, 15) is 9.59 Å². The Balaban J connectivity index is 4.18. The van der Waals surface area contributed by atoms with E-state index in [0.29, 0.717) is 39.4 Å². The molecule has 0 fully saturated rings. The second kappa shape index (κ2) is 22.1. The lowest BCUT2D eigenvalue weighted by atomic mass is 10.4. The Morgan fingerprint density at radius 1 is 0.806 bits per heavy atom. The van der Waals surface area contributed by atoms with Crippen molar-refractivity contribution in [3.63, 3.8) is 0 Å². The Hall–Kier alpha value is -2.64. The standard InChI is InChI=1S/C16H32N10O5/c17-1-7-29-12-6-26(13-15(27)20-2-8-30-10-4-22-24-18)14-16(28)21-3-9-31-11-5-23-25-19/h1-14,17H2,(H,20,27)(H,21,28). The number of ether oxygens (including phenoxy) is 3. The lowest BCUT2D eigenvalue weighted by Crippen LogP contribution is -2.45. The molecule has 0 aromatic rings. The Bertz CT molecular complexity index is 537. The van der Waals surface area contributed by atoms with Crippen molar-refractivity contribution >= 4 is 11.8 Å². The van der Waals surface area contributed by atoms with E-state index in [1.54, 1.807) is 4.90 Å². The van der Waals surface area contributed by atoms with Gasteiger partial charge in [-0.15, -0.1) is 0 Å². The molecule has 0 heterocycles. The van der Waals surface area contributed by atoms with Crippen LogP contribution < -0.4 is 16.4 Å². The van der Waals surface area contributed by atoms with Crippen LogP contribution in [-0.4, -0.2) is 109 Å². The van der Waals surface area contributed by atoms with Gasteiger partial charge in [0.1, 0.15) is 0 Å². The van der Waals surface area contributed by atoms with Gasteiger partial charge in [0.15, 0.2) is 0 Å². The van der Waals surface area contributed by atoms with Gasteiger partial charge < -0.3 is 30.6 Å². The average molecular weight is 444 g/mol. The zero-order valence-corrected chi connectivity index (χ0v) is 17.6. The number of nitrogens with one attached hydrogen (secondary N) is 2. The number of hydrogen-bond donors (Lipinski definition) is 3. The SMILES string of the molecule is [N-]=[N+]=NCCOCCNC(=O)CN(CCOCCN)CC(=O)NCCOCCN=[N+]=[N-]. The van der Waals surface area contributed by atoms with Crippen LogP contribution in [0.5, 0.6) is 0 Å². The highest BCUT2D eigenvalue weighted by atomic mass is 16.5. The number of azide groups is 2. The van der Waals surface area contributed by atoms with Crippen LogP contribution in [0.2, 0.25) is 0 Å². The van der Waals surface area contributed by atoms with Gasteiger partial charge in [0.2, 0.25) is 11.8 Å². The van der Waals surface area contributed by atoms with Gasteiger partial charge in [0.05, 0.1) is 52.7 Å². The molecule has 0 bridgehead atoms. The Labute approximate surface area is 180 Å². The van der Waals surface area contributed by atoms with Crippen LogP contribution in [0.3, 0.4) is 0 Å². The van der Waals surface area contributed by atoms with Gasteiger partial charge in [0.25, 0.3) is 0 Å². The molecule has 176 valence electrons. The molecule has 2 amide bonds. The van der Waals surface area contributed by atoms with Gasteiger partial charge in [-0.25, -0.2) is 0 Å². The molecule has 0 spiro atoms. The number of nitrogens with zero attached hydrogens (tertiary/aromatic N) is 7. The van der Waals surface area contributed by atoms with Crippen molar-refractivity contribution in [2.45, 2.75) is 0 Å². The number of carbonyl (C=O) groups is 2. The van der Waals surface area contributed by atoms with Crippen LogP contribution in [0.15, 0.2) is 10.2 Å². The highest BCUT2D eigenvalue weighted by Crippen LogP contribution is 1.90. The summed E-state index contributed by atoms with van der Waals surface area (Å²) in [6, 6.07) is 0. The molecule has 0 aromatic heterocycles.